The highest BCUT2D eigenvalue weighted by molar-refractivity contribution is 5.21. The zero-order valence-corrected chi connectivity index (χ0v) is 5.96. The van der Waals surface area contributed by atoms with E-state index in [0.29, 0.717) is 0 Å². The van der Waals surface area contributed by atoms with Crippen LogP contribution in [0.4, 0.5) is 0 Å². The zero-order valence-electron chi connectivity index (χ0n) is 5.96. The number of allylic oxidation sites excluding steroid dienone is 1. The van der Waals surface area contributed by atoms with E-state index in [1.54, 1.807) is 0 Å². The Morgan fingerprint density at radius 2 is 2.11 bits per heavy atom. The van der Waals surface area contributed by atoms with Crippen molar-refractivity contribution >= 4 is 0 Å². The van der Waals surface area contributed by atoms with Gasteiger partial charge in [0.1, 0.15) is 0 Å². The maximum Gasteiger partial charge on any atom is 0.0263 e. The molecule has 4 N–H and O–H groups in total. The van der Waals surface area contributed by atoms with E-state index in [-0.39, 0.29) is 6.04 Å². The molecule has 0 saturated heterocycles. The Morgan fingerprint density at radius 1 is 1.56 bits per heavy atom. The molecule has 0 fully saturated rings. The van der Waals surface area contributed by atoms with Crippen molar-refractivity contribution in [2.75, 3.05) is 0 Å². The first-order valence-electron chi connectivity index (χ1n) is 3.02. The van der Waals surface area contributed by atoms with Crippen molar-refractivity contribution in [2.24, 2.45) is 11.5 Å². The summed E-state index contributed by atoms with van der Waals surface area (Å²) in [4.78, 5) is 0. The van der Waals surface area contributed by atoms with Crippen LogP contribution in [0.5, 0.6) is 0 Å². The normalized spacial score (nSPS) is 16.6. The fourth-order valence-corrected chi connectivity index (χ4v) is 0.622. The Bertz CT molecular complexity index is 123. The predicted molar refractivity (Wildman–Crippen MR) is 40.7 cm³/mol. The molecule has 0 aliphatic heterocycles. The summed E-state index contributed by atoms with van der Waals surface area (Å²) in [6.45, 7) is 3.87. The third kappa shape index (κ3) is 2.93. The lowest BCUT2D eigenvalue weighted by Crippen LogP contribution is -2.16. The van der Waals surface area contributed by atoms with Crippen molar-refractivity contribution in [1.82, 2.24) is 0 Å². The molecule has 9 heavy (non-hydrogen) atoms. The van der Waals surface area contributed by atoms with Gasteiger partial charge in [0.05, 0.1) is 0 Å². The Balaban J connectivity index is 4.01. The summed E-state index contributed by atoms with van der Waals surface area (Å²) in [5.41, 5.74) is 11.8. The molecule has 0 aromatic carbocycles. The molecule has 2 nitrogen and oxygen atoms in total. The molecule has 52 valence electrons. The van der Waals surface area contributed by atoms with Crippen LogP contribution in [0, 0.1) is 0 Å². The molecule has 0 rings (SSSR count). The second-order valence-electron chi connectivity index (χ2n) is 1.94. The average Bonchev–Trinajstić information content (AvgIpc) is 1.82. The van der Waals surface area contributed by atoms with Crippen LogP contribution in [0.3, 0.4) is 0 Å². The highest BCUT2D eigenvalue weighted by Crippen LogP contribution is 1.98. The largest absolute Gasteiger partial charge is 0.405 e. The van der Waals surface area contributed by atoms with E-state index in [2.05, 4.69) is 0 Å². The summed E-state index contributed by atoms with van der Waals surface area (Å²) in [5, 5.41) is 0. The van der Waals surface area contributed by atoms with Crippen molar-refractivity contribution in [2.45, 2.75) is 19.9 Å². The molecule has 0 spiro atoms. The Morgan fingerprint density at radius 3 is 2.22 bits per heavy atom. The number of nitrogens with two attached hydrogens (primary N) is 2. The fraction of sp³-hybridized carbons (Fsp3) is 0.429. The lowest BCUT2D eigenvalue weighted by atomic mass is 10.1. The summed E-state index contributed by atoms with van der Waals surface area (Å²) in [6.07, 6.45) is 5.26. The second kappa shape index (κ2) is 4.15. The molecule has 0 aliphatic rings. The van der Waals surface area contributed by atoms with E-state index < -0.39 is 0 Å². The molecule has 0 aromatic rings. The van der Waals surface area contributed by atoms with Gasteiger partial charge in [-0.05, 0) is 31.7 Å². The van der Waals surface area contributed by atoms with Crippen LogP contribution in [0.15, 0.2) is 23.9 Å². The van der Waals surface area contributed by atoms with E-state index in [9.17, 15) is 0 Å². The quantitative estimate of drug-likeness (QED) is 0.536. The number of rotatable bonds is 2. The van der Waals surface area contributed by atoms with Gasteiger partial charge in [-0.3, -0.25) is 0 Å². The molecule has 0 heterocycles. The van der Waals surface area contributed by atoms with Crippen LogP contribution in [0.25, 0.3) is 0 Å². The topological polar surface area (TPSA) is 52.0 Å². The minimum atomic E-state index is 0.0785. The first-order chi connectivity index (χ1) is 4.22. The van der Waals surface area contributed by atoms with Crippen molar-refractivity contribution in [3.05, 3.63) is 23.9 Å². The summed E-state index contributed by atoms with van der Waals surface area (Å²) >= 11 is 0. The van der Waals surface area contributed by atoms with Crippen molar-refractivity contribution in [3.63, 3.8) is 0 Å². The van der Waals surface area contributed by atoms with Gasteiger partial charge < -0.3 is 11.5 Å². The molecule has 1 atom stereocenters. The molecule has 0 radical (unpaired) electrons. The van der Waals surface area contributed by atoms with Gasteiger partial charge in [0.15, 0.2) is 0 Å². The minimum absolute atomic E-state index is 0.0785. The van der Waals surface area contributed by atoms with Gasteiger partial charge >= 0.3 is 0 Å². The van der Waals surface area contributed by atoms with E-state index in [4.69, 9.17) is 11.5 Å². The number of hydrogen-bond acceptors (Lipinski definition) is 2. The van der Waals surface area contributed by atoms with Crippen molar-refractivity contribution < 1.29 is 0 Å². The SMILES string of the molecule is C/C=C(\C=C/N)C(C)N. The van der Waals surface area contributed by atoms with Gasteiger partial charge in [-0.15, -0.1) is 0 Å². The van der Waals surface area contributed by atoms with Crippen molar-refractivity contribution in [3.8, 4) is 0 Å². The second-order valence-corrected chi connectivity index (χ2v) is 1.94. The van der Waals surface area contributed by atoms with E-state index >= 15 is 0 Å². The van der Waals surface area contributed by atoms with Crippen LogP contribution < -0.4 is 11.5 Å². The van der Waals surface area contributed by atoms with Crippen molar-refractivity contribution in [1.29, 1.82) is 0 Å². The van der Waals surface area contributed by atoms with Gasteiger partial charge in [0.2, 0.25) is 0 Å². The summed E-state index contributed by atoms with van der Waals surface area (Å²) in [6, 6.07) is 0.0785. The summed E-state index contributed by atoms with van der Waals surface area (Å²) < 4.78 is 0. The molecule has 0 aromatic heterocycles. The third-order valence-corrected chi connectivity index (χ3v) is 1.15. The molecule has 0 aliphatic carbocycles. The first kappa shape index (κ1) is 8.24. The summed E-state index contributed by atoms with van der Waals surface area (Å²) in [5.74, 6) is 0. The van der Waals surface area contributed by atoms with Crippen LogP contribution in [-0.4, -0.2) is 6.04 Å². The monoisotopic (exact) mass is 126 g/mol. The molecule has 0 saturated carbocycles. The van der Waals surface area contributed by atoms with Gasteiger partial charge in [-0.25, -0.2) is 0 Å². The fourth-order valence-electron chi connectivity index (χ4n) is 0.622. The molecule has 2 heteroatoms. The Labute approximate surface area is 56.2 Å². The van der Waals surface area contributed by atoms with Crippen LogP contribution in [-0.2, 0) is 0 Å². The lowest BCUT2D eigenvalue weighted by molar-refractivity contribution is 0.882. The standard InChI is InChI=1S/C7H14N2/c1-3-7(4-5-8)6(2)9/h3-6H,8-9H2,1-2H3/b5-4-,7-3+. The lowest BCUT2D eigenvalue weighted by Gasteiger charge is -2.03. The van der Waals surface area contributed by atoms with Gasteiger partial charge in [0, 0.05) is 6.04 Å². The average molecular weight is 126 g/mol. The smallest absolute Gasteiger partial charge is 0.0263 e. The Hall–Kier alpha value is -0.760. The van der Waals surface area contributed by atoms with E-state index in [1.165, 1.54) is 6.20 Å². The van der Waals surface area contributed by atoms with Crippen LogP contribution in [0.2, 0.25) is 0 Å². The van der Waals surface area contributed by atoms with Gasteiger partial charge in [-0.1, -0.05) is 6.08 Å². The van der Waals surface area contributed by atoms with Crippen LogP contribution >= 0.6 is 0 Å². The molecular formula is C7H14N2. The highest BCUT2D eigenvalue weighted by atomic mass is 14.6. The van der Waals surface area contributed by atoms with Crippen LogP contribution in [0.1, 0.15) is 13.8 Å². The maximum absolute atomic E-state index is 5.56. The maximum atomic E-state index is 5.56. The van der Waals surface area contributed by atoms with E-state index in [0.717, 1.165) is 5.57 Å². The summed E-state index contributed by atoms with van der Waals surface area (Å²) in [7, 11) is 0. The predicted octanol–water partition coefficient (Wildman–Crippen LogP) is 0.752. The third-order valence-electron chi connectivity index (χ3n) is 1.15. The molecule has 1 unspecified atom stereocenters. The van der Waals surface area contributed by atoms with Gasteiger partial charge in [0.25, 0.3) is 0 Å². The molecule has 0 amide bonds. The Kier molecular flexibility index (Phi) is 3.80. The minimum Gasteiger partial charge on any atom is -0.405 e. The van der Waals surface area contributed by atoms with E-state index in [1.807, 2.05) is 26.0 Å². The first-order valence-corrected chi connectivity index (χ1v) is 3.02. The van der Waals surface area contributed by atoms with Gasteiger partial charge in [-0.2, -0.15) is 0 Å². The highest BCUT2D eigenvalue weighted by Gasteiger charge is 1.94. The number of hydrogen-bond donors (Lipinski definition) is 2. The molecule has 0 bridgehead atoms. The molecular weight excluding hydrogens is 112 g/mol. The zero-order chi connectivity index (χ0) is 7.28.